The first-order valence-electron chi connectivity index (χ1n) is 11.7. The Labute approximate surface area is 209 Å². The Morgan fingerprint density at radius 3 is 2.03 bits per heavy atom. The van der Waals surface area contributed by atoms with Crippen molar-refractivity contribution in [2.75, 3.05) is 17.2 Å². The van der Waals surface area contributed by atoms with Crippen LogP contribution in [0.3, 0.4) is 0 Å². The molecule has 8 heteroatoms. The molecular weight excluding hydrogens is 460 g/mol. The molecule has 186 valence electrons. The number of nitrogens with one attached hydrogen (secondary N) is 2. The van der Waals surface area contributed by atoms with E-state index in [9.17, 15) is 24.3 Å². The standard InChI is InChI=1S/C28H28N2O6/c1-2-25(31)19-14-16-20(17-15-19)36-18-8-7-13-26(32)29-23-11-5-3-9-21(23)27(33)30-24-12-6-4-10-22(24)28(34)35/h3-6,9-12,14-17H,2,7-8,13,18H2,1H3,(H,29,32)(H,30,33)(H,34,35). The number of amides is 2. The fourth-order valence-corrected chi connectivity index (χ4v) is 3.49. The SMILES string of the molecule is CCC(=O)c1ccc(OCCCCC(=O)Nc2ccccc2C(=O)Nc2ccccc2C(=O)O)cc1. The van der Waals surface area contributed by atoms with E-state index < -0.39 is 11.9 Å². The number of hydrogen-bond acceptors (Lipinski definition) is 5. The highest BCUT2D eigenvalue weighted by Crippen LogP contribution is 2.21. The molecular formula is C28H28N2O6. The number of anilines is 2. The molecule has 8 nitrogen and oxygen atoms in total. The molecule has 0 radical (unpaired) electrons. The van der Waals surface area contributed by atoms with Gasteiger partial charge in [0, 0.05) is 18.4 Å². The molecule has 2 amide bonds. The van der Waals surface area contributed by atoms with Gasteiger partial charge in [0.1, 0.15) is 5.75 Å². The zero-order chi connectivity index (χ0) is 25.9. The Kier molecular flexibility index (Phi) is 9.33. The number of carboxylic acids is 1. The molecule has 0 saturated carbocycles. The molecule has 0 heterocycles. The van der Waals surface area contributed by atoms with Gasteiger partial charge in [-0.3, -0.25) is 14.4 Å². The van der Waals surface area contributed by atoms with E-state index in [-0.39, 0.29) is 34.9 Å². The van der Waals surface area contributed by atoms with Crippen LogP contribution in [-0.2, 0) is 4.79 Å². The molecule has 0 aliphatic carbocycles. The van der Waals surface area contributed by atoms with Crippen molar-refractivity contribution in [1.82, 2.24) is 0 Å². The molecule has 3 aromatic carbocycles. The van der Waals surface area contributed by atoms with Crippen LogP contribution in [0.25, 0.3) is 0 Å². The van der Waals surface area contributed by atoms with Crippen LogP contribution in [0, 0.1) is 0 Å². The van der Waals surface area contributed by atoms with Gasteiger partial charge in [-0.25, -0.2) is 4.79 Å². The van der Waals surface area contributed by atoms with Crippen molar-refractivity contribution in [1.29, 1.82) is 0 Å². The monoisotopic (exact) mass is 488 g/mol. The molecule has 0 fully saturated rings. The number of ether oxygens (including phenoxy) is 1. The quantitative estimate of drug-likeness (QED) is 0.231. The van der Waals surface area contributed by atoms with Gasteiger partial charge in [-0.1, -0.05) is 31.2 Å². The van der Waals surface area contributed by atoms with Crippen molar-refractivity contribution in [3.63, 3.8) is 0 Å². The minimum atomic E-state index is -1.15. The van der Waals surface area contributed by atoms with Crippen molar-refractivity contribution >= 4 is 34.9 Å². The lowest BCUT2D eigenvalue weighted by Gasteiger charge is -2.13. The predicted molar refractivity (Wildman–Crippen MR) is 137 cm³/mol. The molecule has 0 unspecified atom stereocenters. The zero-order valence-electron chi connectivity index (χ0n) is 20.0. The highest BCUT2D eigenvalue weighted by Gasteiger charge is 2.16. The first kappa shape index (κ1) is 26.2. The summed E-state index contributed by atoms with van der Waals surface area (Å²) in [6.07, 6.45) is 1.93. The van der Waals surface area contributed by atoms with Crippen molar-refractivity contribution in [3.05, 3.63) is 89.5 Å². The fraction of sp³-hybridized carbons (Fsp3) is 0.214. The second-order valence-corrected chi connectivity index (χ2v) is 8.01. The number of carbonyl (C=O) groups excluding carboxylic acids is 3. The van der Waals surface area contributed by atoms with E-state index in [0.717, 1.165) is 0 Å². The number of para-hydroxylation sites is 2. The lowest BCUT2D eigenvalue weighted by molar-refractivity contribution is -0.116. The van der Waals surface area contributed by atoms with Crippen molar-refractivity contribution in [2.24, 2.45) is 0 Å². The van der Waals surface area contributed by atoms with Gasteiger partial charge in [0.2, 0.25) is 5.91 Å². The maximum absolute atomic E-state index is 12.8. The van der Waals surface area contributed by atoms with Crippen molar-refractivity contribution in [2.45, 2.75) is 32.6 Å². The Balaban J connectivity index is 1.48. The first-order chi connectivity index (χ1) is 17.4. The van der Waals surface area contributed by atoms with Crippen LogP contribution >= 0.6 is 0 Å². The molecule has 0 atom stereocenters. The largest absolute Gasteiger partial charge is 0.494 e. The smallest absolute Gasteiger partial charge is 0.337 e. The minimum Gasteiger partial charge on any atom is -0.494 e. The number of unbranched alkanes of at least 4 members (excludes halogenated alkanes) is 1. The van der Waals surface area contributed by atoms with Gasteiger partial charge in [0.15, 0.2) is 5.78 Å². The maximum atomic E-state index is 12.8. The summed E-state index contributed by atoms with van der Waals surface area (Å²) in [5.74, 6) is -1.18. The van der Waals surface area contributed by atoms with Gasteiger partial charge >= 0.3 is 5.97 Å². The van der Waals surface area contributed by atoms with Gasteiger partial charge in [0.25, 0.3) is 5.91 Å². The number of ketones is 1. The van der Waals surface area contributed by atoms with Gasteiger partial charge in [-0.05, 0) is 61.4 Å². The third-order valence-corrected chi connectivity index (χ3v) is 5.42. The molecule has 3 rings (SSSR count). The van der Waals surface area contributed by atoms with E-state index in [1.165, 1.54) is 12.1 Å². The lowest BCUT2D eigenvalue weighted by Crippen LogP contribution is -2.19. The molecule has 0 aromatic heterocycles. The average molecular weight is 489 g/mol. The molecule has 0 saturated heterocycles. The van der Waals surface area contributed by atoms with E-state index in [1.807, 2.05) is 6.92 Å². The second-order valence-electron chi connectivity index (χ2n) is 8.01. The average Bonchev–Trinajstić information content (AvgIpc) is 2.88. The molecule has 0 aliphatic rings. The van der Waals surface area contributed by atoms with E-state index >= 15 is 0 Å². The van der Waals surface area contributed by atoms with Crippen molar-refractivity contribution < 1.29 is 29.0 Å². The summed E-state index contributed by atoms with van der Waals surface area (Å²) in [5.41, 5.74) is 1.36. The summed E-state index contributed by atoms with van der Waals surface area (Å²) in [6, 6.07) is 19.6. The van der Waals surface area contributed by atoms with Gasteiger partial charge in [-0.15, -0.1) is 0 Å². The predicted octanol–water partition coefficient (Wildman–Crippen LogP) is 5.42. The molecule has 3 aromatic rings. The van der Waals surface area contributed by atoms with Crippen LogP contribution in [0.5, 0.6) is 5.75 Å². The number of carboxylic acid groups (broad SMARTS) is 1. The number of aromatic carboxylic acids is 1. The van der Waals surface area contributed by atoms with Crippen LogP contribution in [0.15, 0.2) is 72.8 Å². The molecule has 0 bridgehead atoms. The van der Waals surface area contributed by atoms with Crippen LogP contribution in [-0.4, -0.2) is 35.3 Å². The normalized spacial score (nSPS) is 10.4. The second kappa shape index (κ2) is 12.9. The molecule has 36 heavy (non-hydrogen) atoms. The topological polar surface area (TPSA) is 122 Å². The van der Waals surface area contributed by atoms with E-state index in [0.29, 0.717) is 42.9 Å². The molecule has 0 aliphatic heterocycles. The Morgan fingerprint density at radius 2 is 1.39 bits per heavy atom. The zero-order valence-corrected chi connectivity index (χ0v) is 20.0. The number of Topliss-reactive ketones (excluding diaryl/α,β-unsaturated/α-hetero) is 1. The van der Waals surface area contributed by atoms with Crippen LogP contribution < -0.4 is 15.4 Å². The van der Waals surface area contributed by atoms with Crippen molar-refractivity contribution in [3.8, 4) is 5.75 Å². The number of carbonyl (C=O) groups is 4. The van der Waals surface area contributed by atoms with Gasteiger partial charge in [-0.2, -0.15) is 0 Å². The first-order valence-corrected chi connectivity index (χ1v) is 11.7. The van der Waals surface area contributed by atoms with Crippen LogP contribution in [0.4, 0.5) is 11.4 Å². The van der Waals surface area contributed by atoms with Gasteiger partial charge in [0.05, 0.1) is 29.1 Å². The summed E-state index contributed by atoms with van der Waals surface area (Å²) in [7, 11) is 0. The third-order valence-electron chi connectivity index (χ3n) is 5.42. The summed E-state index contributed by atoms with van der Waals surface area (Å²) in [6.45, 7) is 2.24. The van der Waals surface area contributed by atoms with Crippen LogP contribution in [0.1, 0.15) is 63.7 Å². The summed E-state index contributed by atoms with van der Waals surface area (Å²) in [4.78, 5) is 48.3. The number of rotatable bonds is 12. The summed E-state index contributed by atoms with van der Waals surface area (Å²) in [5, 5.41) is 14.7. The Bertz CT molecular complexity index is 1240. The fourth-order valence-electron chi connectivity index (χ4n) is 3.49. The Morgan fingerprint density at radius 1 is 0.778 bits per heavy atom. The maximum Gasteiger partial charge on any atom is 0.337 e. The summed E-state index contributed by atoms with van der Waals surface area (Å²) < 4.78 is 5.67. The summed E-state index contributed by atoms with van der Waals surface area (Å²) >= 11 is 0. The van der Waals surface area contributed by atoms with Gasteiger partial charge < -0.3 is 20.5 Å². The Hall–Kier alpha value is -4.46. The highest BCUT2D eigenvalue weighted by molar-refractivity contribution is 6.12. The van der Waals surface area contributed by atoms with E-state index in [2.05, 4.69) is 10.6 Å². The molecule has 3 N–H and O–H groups in total. The minimum absolute atomic E-state index is 0.0278. The van der Waals surface area contributed by atoms with E-state index in [1.54, 1.807) is 60.7 Å². The third kappa shape index (κ3) is 7.27. The van der Waals surface area contributed by atoms with E-state index in [4.69, 9.17) is 4.74 Å². The highest BCUT2D eigenvalue weighted by atomic mass is 16.5. The lowest BCUT2D eigenvalue weighted by atomic mass is 10.1. The van der Waals surface area contributed by atoms with Crippen LogP contribution in [0.2, 0.25) is 0 Å². The number of benzene rings is 3. The number of hydrogen-bond donors (Lipinski definition) is 3. The molecule has 0 spiro atoms.